The average Bonchev–Trinajstić information content (AvgIpc) is 2.58. The summed E-state index contributed by atoms with van der Waals surface area (Å²) in [4.78, 5) is 0. The Kier molecular flexibility index (Phi) is 2.81. The Bertz CT molecular complexity index is 322. The van der Waals surface area contributed by atoms with Crippen LogP contribution in [0.1, 0.15) is 17.0 Å². The lowest BCUT2D eigenvalue weighted by Gasteiger charge is -2.14. The number of rotatable bonds is 3. The van der Waals surface area contributed by atoms with Gasteiger partial charge in [0.25, 0.3) is 0 Å². The van der Waals surface area contributed by atoms with Crippen LogP contribution in [0.2, 0.25) is 0 Å². The highest BCUT2D eigenvalue weighted by Crippen LogP contribution is 2.18. The molecule has 1 aliphatic heterocycles. The van der Waals surface area contributed by atoms with Gasteiger partial charge in [-0.2, -0.15) is 5.10 Å². The zero-order chi connectivity index (χ0) is 9.97. The lowest BCUT2D eigenvalue weighted by molar-refractivity contribution is 0.259. The van der Waals surface area contributed by atoms with E-state index >= 15 is 0 Å². The zero-order valence-corrected chi connectivity index (χ0v) is 8.03. The lowest BCUT2D eigenvalue weighted by atomic mass is 10.1. The molecule has 1 aliphatic rings. The van der Waals surface area contributed by atoms with Crippen molar-refractivity contribution in [3.8, 4) is 0 Å². The Hall–Kier alpha value is -0.910. The third-order valence-corrected chi connectivity index (χ3v) is 2.55. The molecule has 1 aromatic heterocycles. The summed E-state index contributed by atoms with van der Waals surface area (Å²) in [6.45, 7) is 2.29. The molecule has 5 heteroatoms. The largest absolute Gasteiger partial charge is 0.394 e. The van der Waals surface area contributed by atoms with Gasteiger partial charge in [-0.3, -0.25) is 4.68 Å². The van der Waals surface area contributed by atoms with E-state index in [-0.39, 0.29) is 13.2 Å². The quantitative estimate of drug-likeness (QED) is 0.582. The normalized spacial score (nSPS) is 15.6. The second kappa shape index (κ2) is 4.08. The van der Waals surface area contributed by atoms with Crippen LogP contribution in [0.15, 0.2) is 0 Å². The first-order valence-electron chi connectivity index (χ1n) is 4.86. The fourth-order valence-corrected chi connectivity index (χ4v) is 1.90. The number of aliphatic hydroxyl groups is 2. The number of fused-ring (bicyclic) bond motifs is 1. The highest BCUT2D eigenvalue weighted by atomic mass is 16.3. The van der Waals surface area contributed by atoms with E-state index in [1.807, 2.05) is 4.68 Å². The molecule has 14 heavy (non-hydrogen) atoms. The van der Waals surface area contributed by atoms with Crippen molar-refractivity contribution in [2.24, 2.45) is 0 Å². The molecule has 78 valence electrons. The Labute approximate surface area is 82.4 Å². The maximum atomic E-state index is 9.11. The number of nitrogens with one attached hydrogen (secondary N) is 1. The standard InChI is InChI=1S/C9H15N3O2/c13-4-3-12-9-1-2-10-5-7(9)8(6-14)11-12/h10,13-14H,1-6H2. The molecule has 0 bridgehead atoms. The van der Waals surface area contributed by atoms with Crippen LogP contribution >= 0.6 is 0 Å². The number of nitrogens with zero attached hydrogens (tertiary/aromatic N) is 2. The van der Waals surface area contributed by atoms with Crippen LogP contribution in [0.3, 0.4) is 0 Å². The monoisotopic (exact) mass is 197 g/mol. The summed E-state index contributed by atoms with van der Waals surface area (Å²) in [7, 11) is 0. The second-order valence-electron chi connectivity index (χ2n) is 3.40. The summed E-state index contributed by atoms with van der Waals surface area (Å²) in [6, 6.07) is 0. The van der Waals surface area contributed by atoms with E-state index in [1.165, 1.54) is 0 Å². The summed E-state index contributed by atoms with van der Waals surface area (Å²) >= 11 is 0. The van der Waals surface area contributed by atoms with Gasteiger partial charge >= 0.3 is 0 Å². The number of hydrogen-bond donors (Lipinski definition) is 3. The SMILES string of the molecule is OCCn1nc(CO)c2c1CCNC2. The summed E-state index contributed by atoms with van der Waals surface area (Å²) in [5, 5.41) is 25.5. The molecule has 0 radical (unpaired) electrons. The molecular formula is C9H15N3O2. The topological polar surface area (TPSA) is 70.3 Å². The molecule has 2 heterocycles. The zero-order valence-electron chi connectivity index (χ0n) is 8.03. The fraction of sp³-hybridized carbons (Fsp3) is 0.667. The van der Waals surface area contributed by atoms with Gasteiger partial charge < -0.3 is 15.5 Å². The molecule has 0 aromatic carbocycles. The third-order valence-electron chi connectivity index (χ3n) is 2.55. The van der Waals surface area contributed by atoms with Gasteiger partial charge in [-0.05, 0) is 0 Å². The summed E-state index contributed by atoms with van der Waals surface area (Å²) < 4.78 is 1.81. The van der Waals surface area contributed by atoms with E-state index < -0.39 is 0 Å². The summed E-state index contributed by atoms with van der Waals surface area (Å²) in [5.74, 6) is 0. The molecule has 5 nitrogen and oxygen atoms in total. The van der Waals surface area contributed by atoms with E-state index in [4.69, 9.17) is 10.2 Å². The van der Waals surface area contributed by atoms with Crippen molar-refractivity contribution in [3.63, 3.8) is 0 Å². The van der Waals surface area contributed by atoms with E-state index in [0.29, 0.717) is 6.54 Å². The van der Waals surface area contributed by atoms with Crippen LogP contribution in [0.25, 0.3) is 0 Å². The predicted octanol–water partition coefficient (Wildman–Crippen LogP) is -0.987. The average molecular weight is 197 g/mol. The van der Waals surface area contributed by atoms with E-state index in [0.717, 1.165) is 36.5 Å². The Morgan fingerprint density at radius 2 is 2.29 bits per heavy atom. The van der Waals surface area contributed by atoms with Crippen molar-refractivity contribution in [2.45, 2.75) is 26.1 Å². The molecule has 3 N–H and O–H groups in total. The molecule has 0 aliphatic carbocycles. The number of aliphatic hydroxyl groups excluding tert-OH is 2. The van der Waals surface area contributed by atoms with Crippen LogP contribution in [-0.2, 0) is 26.1 Å². The second-order valence-corrected chi connectivity index (χ2v) is 3.40. The van der Waals surface area contributed by atoms with Crippen LogP contribution in [0.4, 0.5) is 0 Å². The van der Waals surface area contributed by atoms with Gasteiger partial charge in [0.2, 0.25) is 0 Å². The van der Waals surface area contributed by atoms with Gasteiger partial charge in [-0.15, -0.1) is 0 Å². The van der Waals surface area contributed by atoms with E-state index in [1.54, 1.807) is 0 Å². The van der Waals surface area contributed by atoms with Crippen LogP contribution in [-0.4, -0.2) is 33.1 Å². The van der Waals surface area contributed by atoms with Crippen molar-refractivity contribution < 1.29 is 10.2 Å². The van der Waals surface area contributed by atoms with Crippen LogP contribution in [0, 0.1) is 0 Å². The fourth-order valence-electron chi connectivity index (χ4n) is 1.90. The maximum absolute atomic E-state index is 9.11. The first kappa shape index (κ1) is 9.64. The Morgan fingerprint density at radius 1 is 1.43 bits per heavy atom. The van der Waals surface area contributed by atoms with Gasteiger partial charge in [0.1, 0.15) is 0 Å². The van der Waals surface area contributed by atoms with Gasteiger partial charge in [0.15, 0.2) is 0 Å². The Balaban J connectivity index is 2.36. The molecule has 0 spiro atoms. The highest BCUT2D eigenvalue weighted by molar-refractivity contribution is 5.28. The molecule has 0 saturated carbocycles. The van der Waals surface area contributed by atoms with Crippen LogP contribution in [0.5, 0.6) is 0 Å². The summed E-state index contributed by atoms with van der Waals surface area (Å²) in [6.07, 6.45) is 0.919. The molecule has 0 fully saturated rings. The smallest absolute Gasteiger partial charge is 0.0926 e. The molecule has 2 rings (SSSR count). The van der Waals surface area contributed by atoms with Crippen molar-refractivity contribution in [1.29, 1.82) is 0 Å². The van der Waals surface area contributed by atoms with Crippen molar-refractivity contribution in [3.05, 3.63) is 17.0 Å². The van der Waals surface area contributed by atoms with Gasteiger partial charge in [0, 0.05) is 30.8 Å². The molecule has 0 amide bonds. The lowest BCUT2D eigenvalue weighted by Crippen LogP contribution is -2.25. The van der Waals surface area contributed by atoms with E-state index in [2.05, 4.69) is 10.4 Å². The molecular weight excluding hydrogens is 182 g/mol. The minimum atomic E-state index is -0.0254. The van der Waals surface area contributed by atoms with Gasteiger partial charge in [-0.1, -0.05) is 0 Å². The summed E-state index contributed by atoms with van der Waals surface area (Å²) in [5.41, 5.74) is 3.00. The first-order valence-corrected chi connectivity index (χ1v) is 4.86. The molecule has 0 atom stereocenters. The molecule has 0 saturated heterocycles. The third kappa shape index (κ3) is 1.54. The minimum Gasteiger partial charge on any atom is -0.394 e. The first-order chi connectivity index (χ1) is 6.86. The molecule has 1 aromatic rings. The van der Waals surface area contributed by atoms with E-state index in [9.17, 15) is 0 Å². The number of hydrogen-bond acceptors (Lipinski definition) is 4. The molecule has 0 unspecified atom stereocenters. The van der Waals surface area contributed by atoms with Crippen molar-refractivity contribution in [1.82, 2.24) is 15.1 Å². The number of aromatic nitrogens is 2. The highest BCUT2D eigenvalue weighted by Gasteiger charge is 2.19. The Morgan fingerprint density at radius 3 is 3.00 bits per heavy atom. The van der Waals surface area contributed by atoms with Crippen LogP contribution < -0.4 is 5.32 Å². The predicted molar refractivity (Wildman–Crippen MR) is 50.6 cm³/mol. The maximum Gasteiger partial charge on any atom is 0.0926 e. The van der Waals surface area contributed by atoms with Crippen molar-refractivity contribution >= 4 is 0 Å². The van der Waals surface area contributed by atoms with Gasteiger partial charge in [0.05, 0.1) is 25.5 Å². The minimum absolute atomic E-state index is 0.0254. The van der Waals surface area contributed by atoms with Gasteiger partial charge in [-0.25, -0.2) is 0 Å². The van der Waals surface area contributed by atoms with Crippen molar-refractivity contribution in [2.75, 3.05) is 13.2 Å².